The number of rotatable bonds is 8. The monoisotopic (exact) mass is 421 g/mol. The minimum Gasteiger partial charge on any atom is -0.363 e. The van der Waals surface area contributed by atoms with Crippen LogP contribution in [0.2, 0.25) is 0 Å². The fourth-order valence-corrected chi connectivity index (χ4v) is 3.36. The van der Waals surface area contributed by atoms with E-state index in [1.165, 1.54) is 0 Å². The van der Waals surface area contributed by atoms with Gasteiger partial charge in [-0.3, -0.25) is 0 Å². The Balaban J connectivity index is 3.08. The lowest BCUT2D eigenvalue weighted by atomic mass is 10.00. The molecule has 1 aliphatic rings. The minimum atomic E-state index is -3.02. The molecule has 29 heavy (non-hydrogen) atoms. The third-order valence-electron chi connectivity index (χ3n) is 4.48. The first kappa shape index (κ1) is 25.1. The number of piperidine rings is 1. The highest BCUT2D eigenvalue weighted by Crippen LogP contribution is 2.35. The molecule has 1 fully saturated rings. The van der Waals surface area contributed by atoms with Gasteiger partial charge in [0.25, 0.3) is 5.92 Å². The van der Waals surface area contributed by atoms with E-state index in [9.17, 15) is 8.78 Å². The summed E-state index contributed by atoms with van der Waals surface area (Å²) in [7, 11) is 0. The summed E-state index contributed by atoms with van der Waals surface area (Å²) in [6.45, 7) is 18.1. The van der Waals surface area contributed by atoms with Gasteiger partial charge in [-0.2, -0.15) is 0 Å². The fourth-order valence-electron chi connectivity index (χ4n) is 2.47. The Kier molecular flexibility index (Phi) is 10.3. The van der Waals surface area contributed by atoms with Crippen LogP contribution in [-0.2, 0) is 0 Å². The van der Waals surface area contributed by atoms with E-state index in [0.717, 1.165) is 56.1 Å². The number of thioether (sulfide) groups is 1. The molecule has 1 heterocycles. The molecule has 0 unspecified atom stereocenters. The molecule has 0 aromatic heterocycles. The molecule has 1 aliphatic heterocycles. The molecule has 0 atom stereocenters. The SMILES string of the molecule is C=CC(=NC(N=CN1CCC(C)CC1)=C(C)C)S/C(=C/C=C\C)C(=C)C(C)(F)F. The van der Waals surface area contributed by atoms with E-state index in [1.807, 2.05) is 27.1 Å². The van der Waals surface area contributed by atoms with Crippen molar-refractivity contribution in [2.75, 3.05) is 13.1 Å². The molecule has 0 aliphatic carbocycles. The number of alkyl halides is 2. The zero-order chi connectivity index (χ0) is 22.0. The highest BCUT2D eigenvalue weighted by atomic mass is 32.2. The molecule has 0 saturated carbocycles. The lowest BCUT2D eigenvalue weighted by molar-refractivity contribution is 0.0675. The number of aliphatic imine (C=N–C) groups is 2. The van der Waals surface area contributed by atoms with Crippen LogP contribution in [0.1, 0.15) is 47.5 Å². The lowest BCUT2D eigenvalue weighted by Crippen LogP contribution is -2.31. The molecule has 0 spiro atoms. The Morgan fingerprint density at radius 1 is 1.24 bits per heavy atom. The summed E-state index contributed by atoms with van der Waals surface area (Å²) in [6.07, 6.45) is 10.8. The van der Waals surface area contributed by atoms with Gasteiger partial charge in [-0.1, -0.05) is 44.0 Å². The molecule has 160 valence electrons. The van der Waals surface area contributed by atoms with E-state index in [2.05, 4.69) is 35.0 Å². The topological polar surface area (TPSA) is 28.0 Å². The maximum Gasteiger partial charge on any atom is 0.271 e. The summed E-state index contributed by atoms with van der Waals surface area (Å²) in [5, 5.41) is 0.492. The molecule has 0 radical (unpaired) electrons. The Hall–Kier alpha value is -1.95. The van der Waals surface area contributed by atoms with Crippen LogP contribution in [0, 0.1) is 5.92 Å². The summed E-state index contributed by atoms with van der Waals surface area (Å²) in [5.41, 5.74) is 0.685. The highest BCUT2D eigenvalue weighted by molar-refractivity contribution is 8.17. The van der Waals surface area contributed by atoms with Crippen molar-refractivity contribution in [1.82, 2.24) is 4.90 Å². The van der Waals surface area contributed by atoms with Gasteiger partial charge in [-0.05, 0) is 57.3 Å². The highest BCUT2D eigenvalue weighted by Gasteiger charge is 2.29. The average molecular weight is 422 g/mol. The second-order valence-corrected chi connectivity index (χ2v) is 8.53. The van der Waals surface area contributed by atoms with Gasteiger partial charge in [-0.25, -0.2) is 18.8 Å². The maximum atomic E-state index is 13.8. The fraction of sp³-hybridized carbons (Fsp3) is 0.478. The van der Waals surface area contributed by atoms with Crippen molar-refractivity contribution in [2.45, 2.75) is 53.4 Å². The molecule has 0 N–H and O–H groups in total. The molecule has 0 aromatic carbocycles. The maximum absolute atomic E-state index is 13.8. The van der Waals surface area contributed by atoms with Crippen molar-refractivity contribution >= 4 is 23.1 Å². The van der Waals surface area contributed by atoms with Gasteiger partial charge in [0.05, 0.1) is 6.34 Å². The second kappa shape index (κ2) is 11.9. The minimum absolute atomic E-state index is 0.250. The van der Waals surface area contributed by atoms with Crippen molar-refractivity contribution < 1.29 is 8.78 Å². The predicted molar refractivity (Wildman–Crippen MR) is 125 cm³/mol. The van der Waals surface area contributed by atoms with Crippen molar-refractivity contribution in [3.8, 4) is 0 Å². The summed E-state index contributed by atoms with van der Waals surface area (Å²) in [6, 6.07) is 0. The van der Waals surface area contributed by atoms with Gasteiger partial charge in [0.1, 0.15) is 5.04 Å². The summed E-state index contributed by atoms with van der Waals surface area (Å²) in [5.74, 6) is -1.71. The standard InChI is InChI=1S/C23H33F2N3S/c1-8-10-11-20(19(6)23(7,24)25)29-21(9-2)27-22(17(3)4)26-16-28-14-12-18(5)13-15-28/h8-11,16,18H,2,6,12-15H2,1,3-5,7H3/b10-8-,20-11+,26-16?,27-21?. The van der Waals surface area contributed by atoms with Crippen LogP contribution in [0.3, 0.4) is 0 Å². The van der Waals surface area contributed by atoms with Crippen LogP contribution in [0.15, 0.2) is 69.3 Å². The predicted octanol–water partition coefficient (Wildman–Crippen LogP) is 6.99. The Bertz CT molecular complexity index is 728. The van der Waals surface area contributed by atoms with Crippen LogP contribution >= 0.6 is 11.8 Å². The number of hydrogen-bond donors (Lipinski definition) is 0. The first-order chi connectivity index (χ1) is 13.6. The Morgan fingerprint density at radius 2 is 1.86 bits per heavy atom. The van der Waals surface area contributed by atoms with Crippen LogP contribution in [0.25, 0.3) is 0 Å². The normalized spacial score (nSPS) is 17.3. The zero-order valence-electron chi connectivity index (χ0n) is 18.2. The number of likely N-dealkylation sites (tertiary alicyclic amines) is 1. The van der Waals surface area contributed by atoms with Gasteiger partial charge >= 0.3 is 0 Å². The average Bonchev–Trinajstić information content (AvgIpc) is 2.66. The van der Waals surface area contributed by atoms with Gasteiger partial charge < -0.3 is 4.90 Å². The first-order valence-corrected chi connectivity index (χ1v) is 10.6. The van der Waals surface area contributed by atoms with E-state index < -0.39 is 5.92 Å². The number of allylic oxidation sites excluding steroid dienone is 5. The van der Waals surface area contributed by atoms with Crippen molar-refractivity contribution in [3.05, 3.63) is 59.3 Å². The van der Waals surface area contributed by atoms with E-state index in [4.69, 9.17) is 0 Å². The van der Waals surface area contributed by atoms with Crippen molar-refractivity contribution in [3.63, 3.8) is 0 Å². The molecular weight excluding hydrogens is 388 g/mol. The molecule has 1 saturated heterocycles. The molecule has 0 aromatic rings. The molecule has 0 bridgehead atoms. The quantitative estimate of drug-likeness (QED) is 0.240. The summed E-state index contributed by atoms with van der Waals surface area (Å²) in [4.78, 5) is 11.7. The van der Waals surface area contributed by atoms with Gasteiger partial charge in [-0.15, -0.1) is 0 Å². The van der Waals surface area contributed by atoms with Crippen LogP contribution in [0.5, 0.6) is 0 Å². The van der Waals surface area contributed by atoms with E-state index in [-0.39, 0.29) is 5.57 Å². The molecule has 1 rings (SSSR count). The van der Waals surface area contributed by atoms with Gasteiger partial charge in [0.2, 0.25) is 0 Å². The Labute approximate surface area is 178 Å². The zero-order valence-corrected chi connectivity index (χ0v) is 19.0. The third-order valence-corrected chi connectivity index (χ3v) is 5.55. The Morgan fingerprint density at radius 3 is 2.34 bits per heavy atom. The number of nitrogens with zero attached hydrogens (tertiary/aromatic N) is 3. The van der Waals surface area contributed by atoms with E-state index in [1.54, 1.807) is 24.3 Å². The van der Waals surface area contributed by atoms with Crippen LogP contribution < -0.4 is 0 Å². The lowest BCUT2D eigenvalue weighted by Gasteiger charge is -2.28. The third kappa shape index (κ3) is 8.94. The van der Waals surface area contributed by atoms with E-state index in [0.29, 0.717) is 15.8 Å². The first-order valence-electron chi connectivity index (χ1n) is 9.83. The smallest absolute Gasteiger partial charge is 0.271 e. The second-order valence-electron chi connectivity index (χ2n) is 7.47. The summed E-state index contributed by atoms with van der Waals surface area (Å²) < 4.78 is 27.6. The van der Waals surface area contributed by atoms with Crippen molar-refractivity contribution in [1.29, 1.82) is 0 Å². The van der Waals surface area contributed by atoms with Gasteiger partial charge in [0.15, 0.2) is 5.82 Å². The number of halogens is 2. The number of hydrogen-bond acceptors (Lipinski definition) is 3. The molecule has 6 heteroatoms. The largest absolute Gasteiger partial charge is 0.363 e. The summed E-state index contributed by atoms with van der Waals surface area (Å²) >= 11 is 1.11. The van der Waals surface area contributed by atoms with Crippen LogP contribution in [-0.4, -0.2) is 35.3 Å². The van der Waals surface area contributed by atoms with Gasteiger partial charge in [0, 0.05) is 30.5 Å². The molecule has 0 amide bonds. The van der Waals surface area contributed by atoms with Crippen LogP contribution in [0.4, 0.5) is 8.78 Å². The molecular formula is C23H33F2N3S. The van der Waals surface area contributed by atoms with Crippen molar-refractivity contribution in [2.24, 2.45) is 15.9 Å². The van der Waals surface area contributed by atoms with E-state index >= 15 is 0 Å². The molecule has 3 nitrogen and oxygen atoms in total.